The van der Waals surface area contributed by atoms with Gasteiger partial charge in [0.25, 0.3) is 5.91 Å². The van der Waals surface area contributed by atoms with Gasteiger partial charge < -0.3 is 14.2 Å². The van der Waals surface area contributed by atoms with Gasteiger partial charge in [-0.15, -0.1) is 0 Å². The number of hydrogen-bond acceptors (Lipinski definition) is 7. The number of alkyl carbamates (subject to hydrolysis) is 1. The van der Waals surface area contributed by atoms with E-state index < -0.39 is 24.1 Å². The lowest BCUT2D eigenvalue weighted by atomic mass is 10.3. The highest BCUT2D eigenvalue weighted by Gasteiger charge is 2.25. The summed E-state index contributed by atoms with van der Waals surface area (Å²) in [6.07, 6.45) is -0.650. The molecule has 0 radical (unpaired) electrons. The summed E-state index contributed by atoms with van der Waals surface area (Å²) < 4.78 is 15.9. The molecule has 0 spiro atoms. The summed E-state index contributed by atoms with van der Waals surface area (Å²) >= 11 is 0. The van der Waals surface area contributed by atoms with E-state index in [4.69, 9.17) is 9.47 Å². The summed E-state index contributed by atoms with van der Waals surface area (Å²) in [4.78, 5) is 35.0. The van der Waals surface area contributed by atoms with Crippen LogP contribution in [0.2, 0.25) is 0 Å². The van der Waals surface area contributed by atoms with E-state index >= 15 is 0 Å². The minimum Gasteiger partial charge on any atom is -0.493 e. The minimum absolute atomic E-state index is 0.0935. The van der Waals surface area contributed by atoms with Crippen molar-refractivity contribution >= 4 is 18.0 Å². The number of imide groups is 1. The number of carbonyl (C=O) groups is 3. The van der Waals surface area contributed by atoms with Crippen LogP contribution in [0.5, 0.6) is 5.75 Å². The van der Waals surface area contributed by atoms with Crippen molar-refractivity contribution in [3.05, 3.63) is 42.2 Å². The maximum atomic E-state index is 12.3. The van der Waals surface area contributed by atoms with Gasteiger partial charge in [-0.25, -0.2) is 14.3 Å². The van der Waals surface area contributed by atoms with Gasteiger partial charge >= 0.3 is 12.1 Å². The number of nitrogens with zero attached hydrogens (tertiary/aromatic N) is 2. The van der Waals surface area contributed by atoms with E-state index in [-0.39, 0.29) is 11.4 Å². The van der Waals surface area contributed by atoms with Gasteiger partial charge in [-0.05, 0) is 19.1 Å². The largest absolute Gasteiger partial charge is 0.493 e. The average molecular weight is 347 g/mol. The molecule has 0 aliphatic rings. The van der Waals surface area contributed by atoms with Crippen LogP contribution in [0.25, 0.3) is 5.69 Å². The van der Waals surface area contributed by atoms with E-state index in [9.17, 15) is 14.4 Å². The molecule has 1 aromatic carbocycles. The van der Waals surface area contributed by atoms with Crippen molar-refractivity contribution in [2.75, 3.05) is 14.2 Å². The Morgan fingerprint density at radius 3 is 2.44 bits per heavy atom. The molecule has 0 fully saturated rings. The van der Waals surface area contributed by atoms with Gasteiger partial charge in [0.1, 0.15) is 0 Å². The fourth-order valence-corrected chi connectivity index (χ4v) is 1.89. The zero-order valence-electron chi connectivity index (χ0n) is 13.9. The molecule has 0 aliphatic heterocycles. The minimum atomic E-state index is -1.22. The SMILES string of the molecule is COC(=O)NC(=O)[C@H](C)OC(=O)c1nn(-c2ccccc2)cc1OC. The Balaban J connectivity index is 2.15. The van der Waals surface area contributed by atoms with Gasteiger partial charge in [0.05, 0.1) is 26.1 Å². The van der Waals surface area contributed by atoms with E-state index in [0.29, 0.717) is 0 Å². The summed E-state index contributed by atoms with van der Waals surface area (Å²) in [6, 6.07) is 9.09. The van der Waals surface area contributed by atoms with Crippen LogP contribution < -0.4 is 10.1 Å². The normalized spacial score (nSPS) is 11.3. The van der Waals surface area contributed by atoms with Crippen molar-refractivity contribution in [3.8, 4) is 11.4 Å². The zero-order chi connectivity index (χ0) is 18.4. The second-order valence-corrected chi connectivity index (χ2v) is 4.85. The first-order valence-corrected chi connectivity index (χ1v) is 7.25. The van der Waals surface area contributed by atoms with Crippen molar-refractivity contribution in [1.29, 1.82) is 0 Å². The molecule has 9 nitrogen and oxygen atoms in total. The van der Waals surface area contributed by atoms with Gasteiger partial charge in [0, 0.05) is 0 Å². The molecular formula is C16H17N3O6. The number of carbonyl (C=O) groups excluding carboxylic acids is 3. The van der Waals surface area contributed by atoms with Crippen LogP contribution in [-0.2, 0) is 14.3 Å². The lowest BCUT2D eigenvalue weighted by Crippen LogP contribution is -2.39. The van der Waals surface area contributed by atoms with Crippen molar-refractivity contribution in [2.45, 2.75) is 13.0 Å². The van der Waals surface area contributed by atoms with Crippen LogP contribution in [0.3, 0.4) is 0 Å². The van der Waals surface area contributed by atoms with Crippen LogP contribution in [0.4, 0.5) is 4.79 Å². The lowest BCUT2D eigenvalue weighted by molar-refractivity contribution is -0.128. The summed E-state index contributed by atoms with van der Waals surface area (Å²) in [5.41, 5.74) is 0.625. The predicted octanol–water partition coefficient (Wildman–Crippen LogP) is 1.31. The molecule has 9 heteroatoms. The molecule has 0 unspecified atom stereocenters. The van der Waals surface area contributed by atoms with E-state index in [2.05, 4.69) is 9.84 Å². The molecule has 25 heavy (non-hydrogen) atoms. The van der Waals surface area contributed by atoms with Crippen LogP contribution in [0, 0.1) is 0 Å². The third-order valence-corrected chi connectivity index (χ3v) is 3.18. The van der Waals surface area contributed by atoms with E-state index in [1.165, 1.54) is 24.9 Å². The van der Waals surface area contributed by atoms with Gasteiger partial charge in [-0.3, -0.25) is 10.1 Å². The highest BCUT2D eigenvalue weighted by atomic mass is 16.6. The number of benzene rings is 1. The smallest absolute Gasteiger partial charge is 0.413 e. The molecule has 2 amide bonds. The van der Waals surface area contributed by atoms with Gasteiger partial charge in [0.15, 0.2) is 11.9 Å². The van der Waals surface area contributed by atoms with Crippen LogP contribution in [-0.4, -0.2) is 48.1 Å². The molecule has 0 aliphatic carbocycles. The quantitative estimate of drug-likeness (QED) is 0.812. The first kappa shape index (κ1) is 18.0. The number of hydrogen-bond donors (Lipinski definition) is 1. The van der Waals surface area contributed by atoms with Crippen molar-refractivity contribution < 1.29 is 28.6 Å². The fourth-order valence-electron chi connectivity index (χ4n) is 1.89. The Hall–Kier alpha value is -3.36. The molecule has 0 bridgehead atoms. The number of amides is 2. The fraction of sp³-hybridized carbons (Fsp3) is 0.250. The Morgan fingerprint density at radius 1 is 1.16 bits per heavy atom. The molecule has 2 aromatic rings. The molecule has 0 saturated heterocycles. The van der Waals surface area contributed by atoms with E-state index in [1.807, 2.05) is 23.5 Å². The standard InChI is InChI=1S/C16H17N3O6/c1-10(14(20)17-16(22)24-3)25-15(21)13-12(23-2)9-19(18-13)11-7-5-4-6-8-11/h4-10H,1-3H3,(H,17,20,22)/t10-/m0/s1. The average Bonchev–Trinajstić information content (AvgIpc) is 3.06. The molecular weight excluding hydrogens is 330 g/mol. The summed E-state index contributed by atoms with van der Waals surface area (Å²) in [6.45, 7) is 1.32. The molecule has 132 valence electrons. The zero-order valence-corrected chi connectivity index (χ0v) is 13.9. The lowest BCUT2D eigenvalue weighted by Gasteiger charge is -2.11. The predicted molar refractivity (Wildman–Crippen MR) is 85.5 cm³/mol. The monoisotopic (exact) mass is 347 g/mol. The highest BCUT2D eigenvalue weighted by molar-refractivity contribution is 5.97. The Kier molecular flexibility index (Phi) is 5.72. The number of ether oxygens (including phenoxy) is 3. The van der Waals surface area contributed by atoms with Crippen LogP contribution in [0.1, 0.15) is 17.4 Å². The molecule has 1 atom stereocenters. The number of esters is 1. The number of nitrogens with one attached hydrogen (secondary N) is 1. The third-order valence-electron chi connectivity index (χ3n) is 3.18. The Bertz CT molecular complexity index is 771. The number of aromatic nitrogens is 2. The number of rotatable bonds is 5. The maximum Gasteiger partial charge on any atom is 0.413 e. The Labute approximate surface area is 143 Å². The van der Waals surface area contributed by atoms with Gasteiger partial charge in [0.2, 0.25) is 5.69 Å². The molecule has 1 heterocycles. The van der Waals surface area contributed by atoms with Crippen molar-refractivity contribution in [2.24, 2.45) is 0 Å². The number of para-hydroxylation sites is 1. The summed E-state index contributed by atoms with van der Waals surface area (Å²) in [7, 11) is 2.50. The second kappa shape index (κ2) is 7.95. The van der Waals surface area contributed by atoms with E-state index in [1.54, 1.807) is 12.1 Å². The Morgan fingerprint density at radius 2 is 1.84 bits per heavy atom. The molecule has 1 N–H and O–H groups in total. The molecule has 0 saturated carbocycles. The van der Waals surface area contributed by atoms with Crippen LogP contribution in [0.15, 0.2) is 36.5 Å². The molecule has 1 aromatic heterocycles. The first-order chi connectivity index (χ1) is 12.0. The maximum absolute atomic E-state index is 12.3. The number of methoxy groups -OCH3 is 2. The molecule has 2 rings (SSSR count). The van der Waals surface area contributed by atoms with E-state index in [0.717, 1.165) is 12.8 Å². The summed E-state index contributed by atoms with van der Waals surface area (Å²) in [5.74, 6) is -1.49. The third kappa shape index (κ3) is 4.34. The highest BCUT2D eigenvalue weighted by Crippen LogP contribution is 2.20. The second-order valence-electron chi connectivity index (χ2n) is 4.85. The summed E-state index contributed by atoms with van der Waals surface area (Å²) in [5, 5.41) is 6.05. The van der Waals surface area contributed by atoms with Gasteiger partial charge in [-0.2, -0.15) is 5.10 Å². The van der Waals surface area contributed by atoms with Crippen molar-refractivity contribution in [3.63, 3.8) is 0 Å². The first-order valence-electron chi connectivity index (χ1n) is 7.25. The van der Waals surface area contributed by atoms with Crippen molar-refractivity contribution in [1.82, 2.24) is 15.1 Å². The van der Waals surface area contributed by atoms with Gasteiger partial charge in [-0.1, -0.05) is 18.2 Å². The topological polar surface area (TPSA) is 109 Å². The van der Waals surface area contributed by atoms with Crippen LogP contribution >= 0.6 is 0 Å².